The van der Waals surface area contributed by atoms with Gasteiger partial charge in [-0.15, -0.1) is 6.42 Å². The molecule has 4 heterocycles. The summed E-state index contributed by atoms with van der Waals surface area (Å²) in [4.78, 5) is 25.0. The molecule has 0 spiro atoms. The number of alkyl halides is 1. The van der Waals surface area contributed by atoms with Crippen LogP contribution in [0.1, 0.15) is 64.9 Å². The van der Waals surface area contributed by atoms with Crippen LogP contribution in [0.5, 0.6) is 11.8 Å². The maximum Gasteiger partial charge on any atom is 0.429 e. The lowest BCUT2D eigenvalue weighted by Gasteiger charge is -2.36. The third-order valence-corrected chi connectivity index (χ3v) is 10.2. The number of phenolic OH excluding ortho intramolecular Hbond substituents is 1. The second-order valence-corrected chi connectivity index (χ2v) is 15.0. The van der Waals surface area contributed by atoms with E-state index in [1.54, 1.807) is 25.8 Å². The number of carbonyl (C=O) groups is 1. The van der Waals surface area contributed by atoms with Crippen LogP contribution in [0.4, 0.5) is 23.8 Å². The zero-order chi connectivity index (χ0) is 36.2. The van der Waals surface area contributed by atoms with Gasteiger partial charge in [0.25, 0.3) is 0 Å². The molecule has 3 aliphatic heterocycles. The number of anilines is 1. The molecule has 1 N–H and O–H groups in total. The van der Waals surface area contributed by atoms with Crippen molar-refractivity contribution in [3.63, 3.8) is 0 Å². The summed E-state index contributed by atoms with van der Waals surface area (Å²) in [6.45, 7) is 7.13. The number of amides is 1. The van der Waals surface area contributed by atoms with Crippen LogP contribution in [0.2, 0.25) is 5.02 Å². The van der Waals surface area contributed by atoms with Gasteiger partial charge in [0.1, 0.15) is 35.5 Å². The Hall–Kier alpha value is -4.47. The van der Waals surface area contributed by atoms with Crippen molar-refractivity contribution in [2.24, 2.45) is 0 Å². The van der Waals surface area contributed by atoms with Crippen LogP contribution in [-0.2, 0) is 4.74 Å². The maximum absolute atomic E-state index is 17.3. The van der Waals surface area contributed by atoms with Crippen molar-refractivity contribution < 1.29 is 32.5 Å². The van der Waals surface area contributed by atoms with Gasteiger partial charge in [-0.1, -0.05) is 23.6 Å². The maximum atomic E-state index is 17.3. The first-order valence-corrected chi connectivity index (χ1v) is 17.6. The molecule has 3 fully saturated rings. The monoisotopic (exact) mass is 721 g/mol. The Morgan fingerprint density at radius 2 is 1.90 bits per heavy atom. The van der Waals surface area contributed by atoms with Gasteiger partial charge >= 0.3 is 12.1 Å². The van der Waals surface area contributed by atoms with E-state index < -0.39 is 35.0 Å². The smallest absolute Gasteiger partial charge is 0.429 e. The number of phenols is 1. The van der Waals surface area contributed by atoms with Gasteiger partial charge in [0, 0.05) is 42.4 Å². The molecule has 4 aromatic rings. The molecule has 2 atom stereocenters. The van der Waals surface area contributed by atoms with E-state index in [2.05, 4.69) is 15.8 Å². The van der Waals surface area contributed by atoms with Crippen molar-refractivity contribution >= 4 is 45.2 Å². The average molecular weight is 722 g/mol. The minimum absolute atomic E-state index is 0.0649. The van der Waals surface area contributed by atoms with E-state index in [0.717, 1.165) is 25.8 Å². The number of benzene rings is 3. The Bertz CT molecular complexity index is 2090. The molecule has 0 bridgehead atoms. The zero-order valence-corrected chi connectivity index (χ0v) is 29.5. The largest absolute Gasteiger partial charge is 0.508 e. The number of hydrogen-bond donors (Lipinski definition) is 1. The Kier molecular flexibility index (Phi) is 9.08. The van der Waals surface area contributed by atoms with Gasteiger partial charge in [-0.2, -0.15) is 9.97 Å². The Balaban J connectivity index is 1.43. The first kappa shape index (κ1) is 35.0. The van der Waals surface area contributed by atoms with Gasteiger partial charge in [-0.25, -0.2) is 23.0 Å². The molecule has 1 aromatic heterocycles. The van der Waals surface area contributed by atoms with E-state index in [0.29, 0.717) is 44.3 Å². The first-order chi connectivity index (χ1) is 24.3. The van der Waals surface area contributed by atoms with E-state index in [1.807, 2.05) is 0 Å². The highest BCUT2D eigenvalue weighted by molar-refractivity contribution is 6.35. The molecule has 1 amide bonds. The number of terminal acetylenes is 1. The number of ether oxygens (including phenoxy) is 2. The molecular formula is C38H39ClF3N5O4. The van der Waals surface area contributed by atoms with Crippen LogP contribution >= 0.6 is 11.6 Å². The number of fused-ring (bicyclic) bond motifs is 3. The number of nitrogens with zero attached hydrogens (tertiary/aromatic N) is 5. The molecule has 3 aliphatic rings. The molecule has 7 rings (SSSR count). The standard InChI is InChI=1S/C38H39ClF3N5O4/c1-5-25-29(41)11-10-22-16-24(48)17-26(30(22)25)31-28(39)18-27-33(32(31)42)43-35(50-21-38-12-9-13-45(38)20-23(40)19-38)44-34(27)46-14-7-6-8-15-47(46)36(49)51-37(2,3)4/h1,10-11,16-18,23,48H,6-9,12-15,19-21H2,2-4H3/t23-,38+/m1/s1. The van der Waals surface area contributed by atoms with Crippen molar-refractivity contribution in [1.29, 1.82) is 0 Å². The SMILES string of the molecule is C#Cc1c(F)ccc2cc(O)cc(-c3c(Cl)cc4c(N5CCCCCN5C(=O)OC(C)(C)C)nc(OC[C@@]56CCCN5C[C@H](F)C6)nc4c3F)c12. The minimum Gasteiger partial charge on any atom is -0.508 e. The normalized spacial score (nSPS) is 21.2. The van der Waals surface area contributed by atoms with E-state index in [4.69, 9.17) is 32.5 Å². The summed E-state index contributed by atoms with van der Waals surface area (Å²) in [7, 11) is 0. The molecule has 0 unspecified atom stereocenters. The fourth-order valence-corrected chi connectivity index (χ4v) is 8.04. The second kappa shape index (κ2) is 13.3. The van der Waals surface area contributed by atoms with Crippen LogP contribution in [0.15, 0.2) is 30.3 Å². The van der Waals surface area contributed by atoms with Crippen molar-refractivity contribution in [3.8, 4) is 35.2 Å². The summed E-state index contributed by atoms with van der Waals surface area (Å²) in [5.41, 5.74) is -1.73. The zero-order valence-electron chi connectivity index (χ0n) is 28.7. The van der Waals surface area contributed by atoms with Crippen molar-refractivity contribution in [2.45, 2.75) is 76.6 Å². The highest BCUT2D eigenvalue weighted by atomic mass is 35.5. The lowest BCUT2D eigenvalue weighted by molar-refractivity contribution is 0.0232. The molecule has 9 nitrogen and oxygen atoms in total. The van der Waals surface area contributed by atoms with Crippen LogP contribution in [-0.4, -0.2) is 81.2 Å². The van der Waals surface area contributed by atoms with Gasteiger partial charge in [-0.3, -0.25) is 9.91 Å². The van der Waals surface area contributed by atoms with E-state index in [-0.39, 0.29) is 62.2 Å². The summed E-state index contributed by atoms with van der Waals surface area (Å²) in [6.07, 6.45) is 8.28. The number of aromatic hydroxyl groups is 1. The van der Waals surface area contributed by atoms with Gasteiger partial charge in [0.05, 0.1) is 16.1 Å². The van der Waals surface area contributed by atoms with Gasteiger partial charge in [-0.05, 0) is 94.6 Å². The number of hydrazine groups is 1. The predicted molar refractivity (Wildman–Crippen MR) is 190 cm³/mol. The molecule has 0 aliphatic carbocycles. The summed E-state index contributed by atoms with van der Waals surface area (Å²) < 4.78 is 58.9. The highest BCUT2D eigenvalue weighted by Gasteiger charge is 2.49. The summed E-state index contributed by atoms with van der Waals surface area (Å²) in [5.74, 6) is 0.720. The van der Waals surface area contributed by atoms with Gasteiger partial charge in [0.15, 0.2) is 11.6 Å². The van der Waals surface area contributed by atoms with E-state index >= 15 is 8.78 Å². The third-order valence-electron chi connectivity index (χ3n) is 9.92. The molecule has 3 saturated heterocycles. The van der Waals surface area contributed by atoms with E-state index in [9.17, 15) is 14.3 Å². The first-order valence-electron chi connectivity index (χ1n) is 17.2. The van der Waals surface area contributed by atoms with Crippen LogP contribution < -0.4 is 9.75 Å². The third kappa shape index (κ3) is 6.46. The fraction of sp³-hybridized carbons (Fsp3) is 0.447. The van der Waals surface area contributed by atoms with Crippen LogP contribution in [0, 0.1) is 24.0 Å². The van der Waals surface area contributed by atoms with Crippen molar-refractivity contribution in [1.82, 2.24) is 19.9 Å². The molecular weight excluding hydrogens is 683 g/mol. The van der Waals surface area contributed by atoms with Crippen molar-refractivity contribution in [3.05, 3.63) is 52.6 Å². The minimum atomic E-state index is -0.988. The summed E-state index contributed by atoms with van der Waals surface area (Å²) >= 11 is 6.90. The molecule has 268 valence electrons. The van der Waals surface area contributed by atoms with E-state index in [1.165, 1.54) is 35.3 Å². The molecule has 13 heteroatoms. The molecule has 51 heavy (non-hydrogen) atoms. The molecule has 3 aromatic carbocycles. The Morgan fingerprint density at radius 3 is 2.67 bits per heavy atom. The van der Waals surface area contributed by atoms with Crippen LogP contribution in [0.25, 0.3) is 32.8 Å². The molecule has 0 radical (unpaired) electrons. The Morgan fingerprint density at radius 1 is 1.12 bits per heavy atom. The van der Waals surface area contributed by atoms with Gasteiger partial charge in [0.2, 0.25) is 0 Å². The van der Waals surface area contributed by atoms with Crippen molar-refractivity contribution in [2.75, 3.05) is 37.8 Å². The topological polar surface area (TPSA) is 91.3 Å². The highest BCUT2D eigenvalue weighted by Crippen LogP contribution is 2.45. The number of halogens is 4. The lowest BCUT2D eigenvalue weighted by atomic mass is 9.93. The predicted octanol–water partition coefficient (Wildman–Crippen LogP) is 8.17. The number of carbonyl (C=O) groups excluding carboxylic acids is 1. The fourth-order valence-electron chi connectivity index (χ4n) is 7.74. The number of hydrogen-bond acceptors (Lipinski definition) is 8. The summed E-state index contributed by atoms with van der Waals surface area (Å²) in [6, 6.07) is 6.62. The van der Waals surface area contributed by atoms with Gasteiger partial charge < -0.3 is 14.6 Å². The number of rotatable bonds is 5. The number of aromatic nitrogens is 2. The summed E-state index contributed by atoms with van der Waals surface area (Å²) in [5, 5.41) is 14.4. The quantitative estimate of drug-likeness (QED) is 0.207. The molecule has 0 saturated carbocycles. The average Bonchev–Trinajstić information content (AvgIpc) is 3.46. The lowest BCUT2D eigenvalue weighted by Crippen LogP contribution is -2.49. The van der Waals surface area contributed by atoms with Crippen LogP contribution in [0.3, 0.4) is 0 Å². The second-order valence-electron chi connectivity index (χ2n) is 14.6. The Labute approximate surface area is 299 Å².